The van der Waals surface area contributed by atoms with Crippen LogP contribution in [0, 0.1) is 23.2 Å². The lowest BCUT2D eigenvalue weighted by atomic mass is 9.64. The predicted octanol–water partition coefficient (Wildman–Crippen LogP) is 13.6. The van der Waals surface area contributed by atoms with Gasteiger partial charge in [-0.25, -0.2) is 0 Å². The van der Waals surface area contributed by atoms with Gasteiger partial charge in [0.2, 0.25) is 0 Å². The van der Waals surface area contributed by atoms with Crippen LogP contribution in [0.1, 0.15) is 99.3 Å². The molecular formula is C61H57NOS. The van der Waals surface area contributed by atoms with E-state index in [-0.39, 0.29) is 23.5 Å². The number of rotatable bonds is 6. The van der Waals surface area contributed by atoms with E-state index in [0.717, 1.165) is 25.0 Å². The van der Waals surface area contributed by atoms with Crippen molar-refractivity contribution in [3.63, 3.8) is 0 Å². The third-order valence-electron chi connectivity index (χ3n) is 16.7. The van der Waals surface area contributed by atoms with Crippen LogP contribution in [0.5, 0.6) is 5.75 Å². The van der Waals surface area contributed by atoms with Gasteiger partial charge in [-0.2, -0.15) is 0 Å². The molecule has 2 aliphatic heterocycles. The normalized spacial score (nSPS) is 29.8. The number of anilines is 1. The summed E-state index contributed by atoms with van der Waals surface area (Å²) in [5.41, 5.74) is 16.1. The number of ether oxygens (including phenoxy) is 1. The van der Waals surface area contributed by atoms with Gasteiger partial charge in [0.1, 0.15) is 11.9 Å². The number of nitrogens with zero attached hydrogens (tertiary/aromatic N) is 1. The number of fused-ring (bicyclic) bond motifs is 10. The van der Waals surface area contributed by atoms with Gasteiger partial charge in [0.25, 0.3) is 0 Å². The molecule has 8 unspecified atom stereocenters. The molecule has 4 aromatic rings. The monoisotopic (exact) mass is 851 g/mol. The SMILES string of the molecule is CC1(C)C2=CCCC=C2C2CCC(C3=c4ccccc4=CC4c5cc(N(C6=CC=C(c7cccc8c7SC7C=CC=CC87)CC6)C6C=CC(c7ccccc7)=CC6)ccc5OC34)CC21. The number of thioether (sulfide) groups is 1. The molecule has 0 radical (unpaired) electrons. The van der Waals surface area contributed by atoms with Crippen molar-refractivity contribution in [2.45, 2.75) is 99.3 Å². The maximum absolute atomic E-state index is 7.25. The molecule has 4 aromatic carbocycles. The Morgan fingerprint density at radius 1 is 0.766 bits per heavy atom. The van der Waals surface area contributed by atoms with Crippen LogP contribution in [0.15, 0.2) is 180 Å². The Hall–Kier alpha value is -5.51. The van der Waals surface area contributed by atoms with Gasteiger partial charge in [-0.05, 0) is 154 Å². The second-order valence-corrected chi connectivity index (χ2v) is 21.5. The van der Waals surface area contributed by atoms with Crippen molar-refractivity contribution >= 4 is 40.2 Å². The molecule has 0 saturated heterocycles. The summed E-state index contributed by atoms with van der Waals surface area (Å²) in [5.74, 6) is 3.61. The highest BCUT2D eigenvalue weighted by molar-refractivity contribution is 8.00. The molecule has 2 saturated carbocycles. The number of hydrogen-bond acceptors (Lipinski definition) is 3. The second-order valence-electron chi connectivity index (χ2n) is 20.3. The van der Waals surface area contributed by atoms with Gasteiger partial charge in [0.15, 0.2) is 0 Å². The van der Waals surface area contributed by atoms with Gasteiger partial charge >= 0.3 is 0 Å². The summed E-state index contributed by atoms with van der Waals surface area (Å²) in [7, 11) is 0. The average Bonchev–Trinajstić information content (AvgIpc) is 3.98. The standard InChI is InChI=1S/C61H57NOS/c1-61(2)54-21-10-8-17-48(54)49-33-27-42(36-55(49)61)58-46-16-7-6-15-41(46)35-53-52-37-45(32-34-56(52)63-59(53)58)62(43-28-23-39(24-29-43)38-13-4-3-5-14-38)44-30-25-40(26-31-44)47-19-12-20-51-50-18-9-11-22-57(50)64-60(47)51/h3-7,9,11-25,28,30,32,34-35,37,42-43,49-50,53,55,57,59H,8,10,26-27,29,31,33,36H2,1-2H3. The van der Waals surface area contributed by atoms with Crippen molar-refractivity contribution in [3.8, 4) is 5.75 Å². The average molecular weight is 852 g/mol. The van der Waals surface area contributed by atoms with E-state index < -0.39 is 0 Å². The Morgan fingerprint density at radius 3 is 2.52 bits per heavy atom. The maximum atomic E-state index is 7.25. The maximum Gasteiger partial charge on any atom is 0.131 e. The van der Waals surface area contributed by atoms with Crippen LogP contribution in [0.3, 0.4) is 0 Å². The minimum Gasteiger partial charge on any atom is -0.485 e. The molecule has 0 aromatic heterocycles. The Bertz CT molecular complexity index is 2990. The Kier molecular flexibility index (Phi) is 9.30. The van der Waals surface area contributed by atoms with E-state index in [4.69, 9.17) is 4.74 Å². The molecule has 0 bridgehead atoms. The largest absolute Gasteiger partial charge is 0.485 e. The zero-order valence-electron chi connectivity index (χ0n) is 37.1. The molecule has 2 nitrogen and oxygen atoms in total. The Labute approximate surface area is 383 Å². The highest BCUT2D eigenvalue weighted by Crippen LogP contribution is 2.62. The van der Waals surface area contributed by atoms with Crippen LogP contribution in [-0.4, -0.2) is 17.4 Å². The van der Waals surface area contributed by atoms with Crippen molar-refractivity contribution in [2.75, 3.05) is 4.90 Å². The summed E-state index contributed by atoms with van der Waals surface area (Å²) in [5, 5.41) is 3.30. The van der Waals surface area contributed by atoms with E-state index in [1.165, 1.54) is 92.2 Å². The summed E-state index contributed by atoms with van der Waals surface area (Å²) in [6, 6.07) is 34.5. The van der Waals surface area contributed by atoms with Crippen molar-refractivity contribution in [1.29, 1.82) is 0 Å². The molecule has 0 N–H and O–H groups in total. The third-order valence-corrected chi connectivity index (χ3v) is 18.1. The van der Waals surface area contributed by atoms with Gasteiger partial charge in [-0.1, -0.05) is 153 Å². The molecule has 2 fully saturated rings. The van der Waals surface area contributed by atoms with E-state index in [9.17, 15) is 0 Å². The molecule has 2 heterocycles. The lowest BCUT2D eigenvalue weighted by molar-refractivity contribution is 0.155. The lowest BCUT2D eigenvalue weighted by Crippen LogP contribution is -2.43. The fourth-order valence-electron chi connectivity index (χ4n) is 13.7. The minimum atomic E-state index is 0.0333. The van der Waals surface area contributed by atoms with E-state index >= 15 is 0 Å². The topological polar surface area (TPSA) is 12.5 Å². The fraction of sp³-hybridized carbons (Fsp3) is 0.311. The van der Waals surface area contributed by atoms with E-state index in [1.54, 1.807) is 16.7 Å². The van der Waals surface area contributed by atoms with Gasteiger partial charge in [-0.3, -0.25) is 0 Å². The van der Waals surface area contributed by atoms with Crippen LogP contribution in [0.2, 0.25) is 0 Å². The van der Waals surface area contributed by atoms with Gasteiger partial charge in [0.05, 0.1) is 6.04 Å². The second kappa shape index (κ2) is 15.3. The van der Waals surface area contributed by atoms with E-state index in [2.05, 4.69) is 194 Å². The molecule has 13 rings (SSSR count). The third kappa shape index (κ3) is 6.20. The number of allylic oxidation sites excluding steroid dienone is 13. The molecule has 64 heavy (non-hydrogen) atoms. The van der Waals surface area contributed by atoms with Crippen molar-refractivity contribution in [1.82, 2.24) is 0 Å². The lowest BCUT2D eigenvalue weighted by Gasteiger charge is -2.41. The summed E-state index contributed by atoms with van der Waals surface area (Å²) < 4.78 is 7.25. The van der Waals surface area contributed by atoms with Crippen LogP contribution >= 0.6 is 11.8 Å². The highest BCUT2D eigenvalue weighted by Gasteiger charge is 2.53. The van der Waals surface area contributed by atoms with E-state index in [0.29, 0.717) is 28.9 Å². The quantitative estimate of drug-likeness (QED) is 0.192. The van der Waals surface area contributed by atoms with Crippen molar-refractivity contribution in [2.24, 2.45) is 23.2 Å². The first-order chi connectivity index (χ1) is 31.5. The summed E-state index contributed by atoms with van der Waals surface area (Å²) in [6.07, 6.45) is 38.3. The Balaban J connectivity index is 0.855. The summed E-state index contributed by atoms with van der Waals surface area (Å²) in [6.45, 7) is 5.09. The molecule has 9 aliphatic rings. The Morgan fingerprint density at radius 2 is 1.64 bits per heavy atom. The van der Waals surface area contributed by atoms with Crippen molar-refractivity contribution < 1.29 is 4.74 Å². The van der Waals surface area contributed by atoms with Gasteiger partial charge in [-0.15, -0.1) is 11.8 Å². The van der Waals surface area contributed by atoms with Crippen LogP contribution in [-0.2, 0) is 0 Å². The number of benzene rings is 4. The predicted molar refractivity (Wildman–Crippen MR) is 268 cm³/mol. The van der Waals surface area contributed by atoms with Crippen LogP contribution < -0.4 is 20.1 Å². The number of hydrogen-bond donors (Lipinski definition) is 0. The van der Waals surface area contributed by atoms with Crippen LogP contribution in [0.4, 0.5) is 5.69 Å². The molecule has 0 spiro atoms. The first-order valence-corrected chi connectivity index (χ1v) is 25.2. The first kappa shape index (κ1) is 38.9. The molecule has 0 amide bonds. The minimum absolute atomic E-state index is 0.0333. The molecule has 7 aliphatic carbocycles. The fourth-order valence-corrected chi connectivity index (χ4v) is 15.1. The van der Waals surface area contributed by atoms with E-state index in [1.807, 2.05) is 0 Å². The molecular weight excluding hydrogens is 795 g/mol. The van der Waals surface area contributed by atoms with Gasteiger partial charge < -0.3 is 9.64 Å². The zero-order valence-corrected chi connectivity index (χ0v) is 37.9. The van der Waals surface area contributed by atoms with Gasteiger partial charge in [0, 0.05) is 38.9 Å². The smallest absolute Gasteiger partial charge is 0.131 e. The summed E-state index contributed by atoms with van der Waals surface area (Å²) >= 11 is 2.05. The first-order valence-electron chi connectivity index (χ1n) is 24.3. The molecule has 318 valence electrons. The van der Waals surface area contributed by atoms with Crippen molar-refractivity contribution in [3.05, 3.63) is 207 Å². The summed E-state index contributed by atoms with van der Waals surface area (Å²) in [4.78, 5) is 4.14. The highest BCUT2D eigenvalue weighted by atomic mass is 32.2. The molecule has 3 heteroatoms. The molecule has 8 atom stereocenters. The van der Waals surface area contributed by atoms with Crippen LogP contribution in [0.25, 0.3) is 22.8 Å². The zero-order chi connectivity index (χ0) is 42.5.